The van der Waals surface area contributed by atoms with E-state index in [4.69, 9.17) is 4.74 Å². The number of piperidine rings is 1. The summed E-state index contributed by atoms with van der Waals surface area (Å²) in [5.74, 6) is 0.0799. The highest BCUT2D eigenvalue weighted by atomic mass is 16.5. The van der Waals surface area contributed by atoms with Crippen molar-refractivity contribution in [3.8, 4) is 5.75 Å². The van der Waals surface area contributed by atoms with Crippen molar-refractivity contribution >= 4 is 11.5 Å². The fourth-order valence-electron chi connectivity index (χ4n) is 7.56. The van der Waals surface area contributed by atoms with E-state index in [1.165, 1.54) is 11.1 Å². The molecule has 278 valence electrons. The van der Waals surface area contributed by atoms with Gasteiger partial charge in [0.25, 0.3) is 0 Å². The Bertz CT molecular complexity index is 1510. The third-order valence-corrected chi connectivity index (χ3v) is 11.2. The first-order valence-corrected chi connectivity index (χ1v) is 18.6. The minimum absolute atomic E-state index is 0.0685. The normalized spacial score (nSPS) is 18.7. The number of allylic oxidation sites excluding steroid dienone is 1. The van der Waals surface area contributed by atoms with Gasteiger partial charge < -0.3 is 9.84 Å². The Labute approximate surface area is 306 Å². The molecule has 0 radical (unpaired) electrons. The molecule has 0 spiro atoms. The Morgan fingerprint density at radius 2 is 1.22 bits per heavy atom. The summed E-state index contributed by atoms with van der Waals surface area (Å²) in [6, 6.07) is 11.0. The van der Waals surface area contributed by atoms with E-state index < -0.39 is 5.41 Å². The highest BCUT2D eigenvalue weighted by Gasteiger charge is 2.47. The molecule has 0 saturated carbocycles. The molecular weight excluding hydrogens is 615 g/mol. The summed E-state index contributed by atoms with van der Waals surface area (Å²) in [6.45, 7) is 44.0. The smallest absolute Gasteiger partial charge is 0.316 e. The molecule has 1 N–H and O–H groups in total. The Balaban J connectivity index is 2.23. The lowest BCUT2D eigenvalue weighted by atomic mass is 9.72. The first kappa shape index (κ1) is 41.6. The summed E-state index contributed by atoms with van der Waals surface area (Å²) in [5.41, 5.74) is 5.02. The van der Waals surface area contributed by atoms with Crippen molar-refractivity contribution in [3.05, 3.63) is 82.9 Å². The number of ether oxygens (including phenoxy) is 1. The van der Waals surface area contributed by atoms with Crippen molar-refractivity contribution in [2.75, 3.05) is 7.05 Å². The Morgan fingerprint density at radius 1 is 0.800 bits per heavy atom. The molecule has 0 aliphatic carbocycles. The van der Waals surface area contributed by atoms with Gasteiger partial charge in [0.05, 0.1) is 5.41 Å². The van der Waals surface area contributed by atoms with E-state index in [1.54, 1.807) is 0 Å². The number of hydrogen-bond donors (Lipinski definition) is 1. The number of rotatable bonds is 8. The zero-order valence-electron chi connectivity index (χ0n) is 35.0. The first-order valence-electron chi connectivity index (χ1n) is 18.6. The molecule has 4 heteroatoms. The van der Waals surface area contributed by atoms with Crippen LogP contribution in [-0.4, -0.2) is 40.2 Å². The van der Waals surface area contributed by atoms with Gasteiger partial charge in [-0.25, -0.2) is 0 Å². The topological polar surface area (TPSA) is 49.8 Å². The number of benzene rings is 2. The molecule has 1 unspecified atom stereocenters. The zero-order valence-corrected chi connectivity index (χ0v) is 35.0. The second-order valence-electron chi connectivity index (χ2n) is 20.8. The fourth-order valence-corrected chi connectivity index (χ4v) is 7.56. The zero-order chi connectivity index (χ0) is 38.6. The SMILES string of the molecule is C=CC(CC(=C)c1cc(C(C)(C)C)c(O)c(C(C)(C)C)c1)(Cc1cc(C(C)(C)C)cc(C(C)(C)C)c1)C(=O)OC1CC(C)(C)N(C)C(C)(C)C1. The van der Waals surface area contributed by atoms with Gasteiger partial charge in [0.1, 0.15) is 11.9 Å². The third-order valence-electron chi connectivity index (χ3n) is 11.2. The molecule has 0 aromatic heterocycles. The second kappa shape index (κ2) is 13.6. The summed E-state index contributed by atoms with van der Waals surface area (Å²) < 4.78 is 6.63. The lowest BCUT2D eigenvalue weighted by Gasteiger charge is -2.53. The average Bonchev–Trinajstić information content (AvgIpc) is 2.92. The van der Waals surface area contributed by atoms with Crippen molar-refractivity contribution in [1.29, 1.82) is 0 Å². The number of esters is 1. The molecule has 2 aromatic rings. The standard InChI is InChI=1S/C46H71NO3/c1-20-46(39(49)50-35-28-44(15,16)47(19)45(17,18)29-35,27-31-21-33(40(3,4)5)25-34(22-31)41(6,7)8)26-30(2)32-23-36(42(9,10)11)38(48)37(24-32)43(12,13)14/h20-25,35,48H,1-2,26-29H2,3-19H3. The van der Waals surface area contributed by atoms with E-state index >= 15 is 0 Å². The van der Waals surface area contributed by atoms with Crippen LogP contribution in [0.1, 0.15) is 163 Å². The van der Waals surface area contributed by atoms with E-state index in [2.05, 4.69) is 166 Å². The monoisotopic (exact) mass is 686 g/mol. The van der Waals surface area contributed by atoms with Gasteiger partial charge in [-0.05, 0) is 109 Å². The number of carbonyl (C=O) groups excluding carboxylic acids is 1. The van der Waals surface area contributed by atoms with Crippen LogP contribution in [-0.2, 0) is 37.6 Å². The number of nitrogens with zero attached hydrogens (tertiary/aromatic N) is 1. The van der Waals surface area contributed by atoms with E-state index in [0.29, 0.717) is 18.6 Å². The second-order valence-corrected chi connectivity index (χ2v) is 20.8. The fraction of sp³-hybridized carbons (Fsp3) is 0.630. The van der Waals surface area contributed by atoms with Crippen LogP contribution in [0, 0.1) is 5.41 Å². The molecule has 0 amide bonds. The predicted octanol–water partition coefficient (Wildman–Crippen LogP) is 11.6. The summed E-state index contributed by atoms with van der Waals surface area (Å²) in [5, 5.41) is 11.5. The summed E-state index contributed by atoms with van der Waals surface area (Å²) in [6.07, 6.45) is 3.89. The molecule has 1 atom stereocenters. The van der Waals surface area contributed by atoms with Crippen molar-refractivity contribution < 1.29 is 14.6 Å². The number of carbonyl (C=O) groups is 1. The van der Waals surface area contributed by atoms with Crippen molar-refractivity contribution in [2.24, 2.45) is 5.41 Å². The summed E-state index contributed by atoms with van der Waals surface area (Å²) >= 11 is 0. The third kappa shape index (κ3) is 9.14. The van der Waals surface area contributed by atoms with E-state index in [9.17, 15) is 9.90 Å². The number of phenols is 1. The Kier molecular flexibility index (Phi) is 11.3. The van der Waals surface area contributed by atoms with Gasteiger partial charge in [0.2, 0.25) is 0 Å². The maximum atomic E-state index is 14.9. The van der Waals surface area contributed by atoms with Crippen molar-refractivity contribution in [2.45, 2.75) is 175 Å². The Morgan fingerprint density at radius 3 is 1.58 bits per heavy atom. The number of likely N-dealkylation sites (tertiary alicyclic amines) is 1. The van der Waals surface area contributed by atoms with Gasteiger partial charge >= 0.3 is 5.97 Å². The molecule has 50 heavy (non-hydrogen) atoms. The van der Waals surface area contributed by atoms with Gasteiger partial charge in [-0.1, -0.05) is 114 Å². The van der Waals surface area contributed by atoms with Crippen LogP contribution < -0.4 is 0 Å². The number of aromatic hydroxyl groups is 1. The molecule has 4 nitrogen and oxygen atoms in total. The van der Waals surface area contributed by atoms with Crippen LogP contribution in [0.2, 0.25) is 0 Å². The van der Waals surface area contributed by atoms with Gasteiger partial charge in [-0.15, -0.1) is 6.58 Å². The molecule has 0 bridgehead atoms. The lowest BCUT2D eigenvalue weighted by Crippen LogP contribution is -2.60. The van der Waals surface area contributed by atoms with Crippen molar-refractivity contribution in [1.82, 2.24) is 4.90 Å². The highest BCUT2D eigenvalue weighted by Crippen LogP contribution is 2.45. The van der Waals surface area contributed by atoms with Crippen LogP contribution in [0.4, 0.5) is 0 Å². The minimum Gasteiger partial charge on any atom is -0.507 e. The van der Waals surface area contributed by atoms with Gasteiger partial charge in [0, 0.05) is 35.0 Å². The number of phenolic OH excluding ortho intramolecular Hbond substituents is 1. The summed E-state index contributed by atoms with van der Waals surface area (Å²) in [4.78, 5) is 17.3. The molecule has 1 saturated heterocycles. The Hall–Kier alpha value is -2.85. The van der Waals surface area contributed by atoms with Crippen LogP contribution in [0.15, 0.2) is 49.6 Å². The molecule has 1 aliphatic heterocycles. The van der Waals surface area contributed by atoms with E-state index in [0.717, 1.165) is 40.7 Å². The average molecular weight is 686 g/mol. The van der Waals surface area contributed by atoms with E-state index in [-0.39, 0.29) is 44.8 Å². The molecule has 1 fully saturated rings. The van der Waals surface area contributed by atoms with Crippen LogP contribution in [0.5, 0.6) is 5.75 Å². The molecule has 3 rings (SSSR count). The van der Waals surface area contributed by atoms with Crippen LogP contribution in [0.3, 0.4) is 0 Å². The highest BCUT2D eigenvalue weighted by molar-refractivity contribution is 5.83. The minimum atomic E-state index is -1.07. The van der Waals surface area contributed by atoms with Gasteiger partial charge in [0.15, 0.2) is 0 Å². The first-order chi connectivity index (χ1) is 22.3. The molecule has 1 heterocycles. The maximum Gasteiger partial charge on any atom is 0.316 e. The molecular formula is C46H71NO3. The van der Waals surface area contributed by atoms with Crippen LogP contribution >= 0.6 is 0 Å². The molecule has 1 aliphatic rings. The van der Waals surface area contributed by atoms with Gasteiger partial charge in [-0.3, -0.25) is 9.69 Å². The quantitative estimate of drug-likeness (QED) is 0.222. The van der Waals surface area contributed by atoms with E-state index in [1.807, 2.05) is 6.08 Å². The number of hydrogen-bond acceptors (Lipinski definition) is 4. The van der Waals surface area contributed by atoms with Crippen molar-refractivity contribution in [3.63, 3.8) is 0 Å². The maximum absolute atomic E-state index is 14.9. The molecule has 2 aromatic carbocycles. The largest absolute Gasteiger partial charge is 0.507 e. The van der Waals surface area contributed by atoms with Gasteiger partial charge in [-0.2, -0.15) is 0 Å². The predicted molar refractivity (Wildman–Crippen MR) is 214 cm³/mol. The van der Waals surface area contributed by atoms with Crippen LogP contribution in [0.25, 0.3) is 5.57 Å². The summed E-state index contributed by atoms with van der Waals surface area (Å²) in [7, 11) is 2.17. The lowest BCUT2D eigenvalue weighted by molar-refractivity contribution is -0.167.